The number of thiophene rings is 1. The zero-order chi connectivity index (χ0) is 22.0. The minimum Gasteiger partial charge on any atom is -0.467 e. The van der Waals surface area contributed by atoms with Crippen LogP contribution in [0.2, 0.25) is 0 Å². The standard InChI is InChI=1S/C22H26N4O4S/c1-3-9-22(10-4-2)20(28)25(21(29)23-22)14-19(27)26-16(17-7-5-11-30-17)13-15(24-26)18-8-6-12-31-18/h5-8,11-12,16H,3-4,9-10,13-14H2,1-2H3,(H,23,29). The number of hydrazone groups is 1. The summed E-state index contributed by atoms with van der Waals surface area (Å²) in [6, 6.07) is 6.54. The normalized spacial score (nSPS) is 20.3. The van der Waals surface area contributed by atoms with Crippen molar-refractivity contribution in [2.45, 2.75) is 57.5 Å². The Morgan fingerprint density at radius 1 is 1.26 bits per heavy atom. The van der Waals surface area contributed by atoms with E-state index in [1.54, 1.807) is 29.7 Å². The average Bonchev–Trinajstić information content (AvgIpc) is 3.52. The molecule has 31 heavy (non-hydrogen) atoms. The lowest BCUT2D eigenvalue weighted by atomic mass is 9.88. The monoisotopic (exact) mass is 442 g/mol. The Morgan fingerprint density at radius 3 is 2.65 bits per heavy atom. The minimum absolute atomic E-state index is 0.328. The second-order valence-corrected chi connectivity index (χ2v) is 8.85. The molecule has 1 N–H and O–H groups in total. The van der Waals surface area contributed by atoms with Crippen LogP contribution in [0.1, 0.15) is 62.6 Å². The first-order valence-electron chi connectivity index (χ1n) is 10.6. The van der Waals surface area contributed by atoms with Gasteiger partial charge in [0.15, 0.2) is 0 Å². The van der Waals surface area contributed by atoms with Gasteiger partial charge in [-0.05, 0) is 36.4 Å². The van der Waals surface area contributed by atoms with Gasteiger partial charge < -0.3 is 9.73 Å². The predicted octanol–water partition coefficient (Wildman–Crippen LogP) is 3.91. The molecule has 4 rings (SSSR count). The van der Waals surface area contributed by atoms with Gasteiger partial charge in [0, 0.05) is 6.42 Å². The van der Waals surface area contributed by atoms with Crippen molar-refractivity contribution in [2.24, 2.45) is 5.10 Å². The van der Waals surface area contributed by atoms with Gasteiger partial charge in [0.2, 0.25) is 0 Å². The summed E-state index contributed by atoms with van der Waals surface area (Å²) < 4.78 is 5.55. The molecule has 4 heterocycles. The summed E-state index contributed by atoms with van der Waals surface area (Å²) in [6.07, 6.45) is 4.69. The van der Waals surface area contributed by atoms with Crippen molar-refractivity contribution in [1.29, 1.82) is 0 Å². The Bertz CT molecular complexity index is 977. The van der Waals surface area contributed by atoms with E-state index in [0.29, 0.717) is 25.0 Å². The van der Waals surface area contributed by atoms with Crippen LogP contribution in [0.25, 0.3) is 0 Å². The number of nitrogens with one attached hydrogen (secondary N) is 1. The molecular formula is C22H26N4O4S. The van der Waals surface area contributed by atoms with Crippen LogP contribution in [0.3, 0.4) is 0 Å². The molecule has 1 atom stereocenters. The Balaban J connectivity index is 1.57. The summed E-state index contributed by atoms with van der Waals surface area (Å²) in [5.74, 6) is -0.127. The van der Waals surface area contributed by atoms with Crippen LogP contribution in [0, 0.1) is 0 Å². The number of carbonyl (C=O) groups excluding carboxylic acids is 3. The van der Waals surface area contributed by atoms with E-state index in [2.05, 4.69) is 10.4 Å². The first-order valence-corrected chi connectivity index (χ1v) is 11.5. The molecule has 1 saturated heterocycles. The first-order chi connectivity index (χ1) is 15.0. The second-order valence-electron chi connectivity index (χ2n) is 7.90. The van der Waals surface area contributed by atoms with Gasteiger partial charge in [-0.2, -0.15) is 5.10 Å². The molecule has 1 unspecified atom stereocenters. The van der Waals surface area contributed by atoms with E-state index < -0.39 is 23.5 Å². The molecule has 164 valence electrons. The third kappa shape index (κ3) is 3.89. The number of furan rings is 1. The molecule has 8 nitrogen and oxygen atoms in total. The molecule has 0 spiro atoms. The van der Waals surface area contributed by atoms with Crippen molar-refractivity contribution in [3.8, 4) is 0 Å². The van der Waals surface area contributed by atoms with Gasteiger partial charge in [-0.15, -0.1) is 11.3 Å². The molecule has 2 aliphatic heterocycles. The maximum Gasteiger partial charge on any atom is 0.325 e. The molecule has 1 fully saturated rings. The van der Waals surface area contributed by atoms with E-state index in [-0.39, 0.29) is 12.5 Å². The lowest BCUT2D eigenvalue weighted by Gasteiger charge is -2.26. The van der Waals surface area contributed by atoms with Gasteiger partial charge in [0.1, 0.15) is 23.9 Å². The van der Waals surface area contributed by atoms with Crippen LogP contribution >= 0.6 is 11.3 Å². The molecule has 0 bridgehead atoms. The summed E-state index contributed by atoms with van der Waals surface area (Å²) in [4.78, 5) is 41.0. The fourth-order valence-corrected chi connectivity index (χ4v) is 5.10. The van der Waals surface area contributed by atoms with Crippen molar-refractivity contribution < 1.29 is 18.8 Å². The quantitative estimate of drug-likeness (QED) is 0.627. The summed E-state index contributed by atoms with van der Waals surface area (Å²) in [5.41, 5.74) is -0.134. The van der Waals surface area contributed by atoms with Gasteiger partial charge in [-0.25, -0.2) is 9.80 Å². The molecule has 0 aromatic carbocycles. The highest BCUT2D eigenvalue weighted by Crippen LogP contribution is 2.35. The molecule has 0 aliphatic carbocycles. The maximum absolute atomic E-state index is 13.2. The highest BCUT2D eigenvalue weighted by Gasteiger charge is 2.51. The molecule has 2 aromatic heterocycles. The Hall–Kier alpha value is -2.94. The highest BCUT2D eigenvalue weighted by atomic mass is 32.1. The highest BCUT2D eigenvalue weighted by molar-refractivity contribution is 7.12. The molecule has 2 aromatic rings. The van der Waals surface area contributed by atoms with E-state index in [1.165, 1.54) is 5.01 Å². The van der Waals surface area contributed by atoms with Crippen molar-refractivity contribution in [3.63, 3.8) is 0 Å². The number of imide groups is 1. The van der Waals surface area contributed by atoms with Crippen molar-refractivity contribution in [1.82, 2.24) is 15.2 Å². The summed E-state index contributed by atoms with van der Waals surface area (Å²) in [6.45, 7) is 3.60. The fraction of sp³-hybridized carbons (Fsp3) is 0.455. The summed E-state index contributed by atoms with van der Waals surface area (Å²) >= 11 is 1.55. The number of carbonyl (C=O) groups is 3. The Labute approximate surface area is 184 Å². The summed E-state index contributed by atoms with van der Waals surface area (Å²) in [5, 5.41) is 10.7. The van der Waals surface area contributed by atoms with Gasteiger partial charge >= 0.3 is 6.03 Å². The van der Waals surface area contributed by atoms with Crippen LogP contribution in [-0.2, 0) is 9.59 Å². The third-order valence-corrected chi connectivity index (χ3v) is 6.65. The minimum atomic E-state index is -0.919. The first kappa shape index (κ1) is 21.3. The third-order valence-electron chi connectivity index (χ3n) is 5.74. The zero-order valence-electron chi connectivity index (χ0n) is 17.7. The zero-order valence-corrected chi connectivity index (χ0v) is 18.5. The van der Waals surface area contributed by atoms with Crippen molar-refractivity contribution in [2.75, 3.05) is 6.54 Å². The molecule has 9 heteroatoms. The number of nitrogens with zero attached hydrogens (tertiary/aromatic N) is 3. The molecular weight excluding hydrogens is 416 g/mol. The SMILES string of the molecule is CCCC1(CCC)NC(=O)N(CC(=O)N2N=C(c3cccs3)CC2c2ccco2)C1=O. The number of hydrogen-bond donors (Lipinski definition) is 1. The van der Waals surface area contributed by atoms with Crippen LogP contribution in [0.5, 0.6) is 0 Å². The van der Waals surface area contributed by atoms with Crippen LogP contribution in [0.4, 0.5) is 4.79 Å². The van der Waals surface area contributed by atoms with E-state index in [1.807, 2.05) is 31.4 Å². The predicted molar refractivity (Wildman–Crippen MR) is 117 cm³/mol. The van der Waals surface area contributed by atoms with Crippen LogP contribution in [0.15, 0.2) is 45.4 Å². The van der Waals surface area contributed by atoms with Gasteiger partial charge in [0.05, 0.1) is 16.9 Å². The maximum atomic E-state index is 13.2. The van der Waals surface area contributed by atoms with E-state index >= 15 is 0 Å². The average molecular weight is 443 g/mol. The fourth-order valence-electron chi connectivity index (χ4n) is 4.38. The van der Waals surface area contributed by atoms with E-state index in [4.69, 9.17) is 4.42 Å². The summed E-state index contributed by atoms with van der Waals surface area (Å²) in [7, 11) is 0. The Morgan fingerprint density at radius 2 is 2.03 bits per heavy atom. The van der Waals surface area contributed by atoms with E-state index in [0.717, 1.165) is 28.3 Å². The molecule has 0 radical (unpaired) electrons. The second kappa shape index (κ2) is 8.66. The van der Waals surface area contributed by atoms with E-state index in [9.17, 15) is 14.4 Å². The number of rotatable bonds is 8. The number of hydrogen-bond acceptors (Lipinski definition) is 6. The molecule has 2 aliphatic rings. The van der Waals surface area contributed by atoms with Gasteiger partial charge in [0.25, 0.3) is 11.8 Å². The van der Waals surface area contributed by atoms with Gasteiger partial charge in [-0.3, -0.25) is 14.5 Å². The van der Waals surface area contributed by atoms with Crippen molar-refractivity contribution in [3.05, 3.63) is 46.5 Å². The lowest BCUT2D eigenvalue weighted by molar-refractivity contribution is -0.140. The van der Waals surface area contributed by atoms with Crippen LogP contribution in [-0.4, -0.2) is 45.5 Å². The number of amides is 4. The van der Waals surface area contributed by atoms with Gasteiger partial charge in [-0.1, -0.05) is 32.8 Å². The molecule has 4 amide bonds. The van der Waals surface area contributed by atoms with Crippen molar-refractivity contribution >= 4 is 34.9 Å². The lowest BCUT2D eigenvalue weighted by Crippen LogP contribution is -2.47. The Kier molecular flexibility index (Phi) is 5.95. The smallest absolute Gasteiger partial charge is 0.325 e. The van der Waals surface area contributed by atoms with Crippen LogP contribution < -0.4 is 5.32 Å². The topological polar surface area (TPSA) is 95.2 Å². The molecule has 0 saturated carbocycles. The number of urea groups is 1. The largest absolute Gasteiger partial charge is 0.467 e.